The van der Waals surface area contributed by atoms with Gasteiger partial charge in [-0.25, -0.2) is 5.01 Å². The van der Waals surface area contributed by atoms with E-state index in [1.54, 1.807) is 11.3 Å². The molecule has 29 heavy (non-hydrogen) atoms. The lowest BCUT2D eigenvalue weighted by atomic mass is 10.0. The van der Waals surface area contributed by atoms with E-state index in [0.29, 0.717) is 13.0 Å². The van der Waals surface area contributed by atoms with Crippen molar-refractivity contribution in [3.63, 3.8) is 0 Å². The van der Waals surface area contributed by atoms with Crippen LogP contribution in [0.2, 0.25) is 0 Å². The van der Waals surface area contributed by atoms with Crippen molar-refractivity contribution in [1.29, 1.82) is 0 Å². The van der Waals surface area contributed by atoms with E-state index >= 15 is 0 Å². The Labute approximate surface area is 170 Å². The highest BCUT2D eigenvalue weighted by molar-refractivity contribution is 6.03. The zero-order chi connectivity index (χ0) is 20.4. The predicted octanol–water partition coefficient (Wildman–Crippen LogP) is 4.30. The minimum atomic E-state index is -0.229. The number of benzene rings is 1. The molecular formula is C23H25N3O3. The van der Waals surface area contributed by atoms with Crippen LogP contribution in [0.1, 0.15) is 40.9 Å². The Morgan fingerprint density at radius 3 is 2.62 bits per heavy atom. The van der Waals surface area contributed by atoms with Crippen molar-refractivity contribution in [3.8, 4) is 0 Å². The Morgan fingerprint density at radius 1 is 1.17 bits per heavy atom. The van der Waals surface area contributed by atoms with Crippen LogP contribution >= 0.6 is 0 Å². The summed E-state index contributed by atoms with van der Waals surface area (Å²) in [7, 11) is 1.90. The zero-order valence-corrected chi connectivity index (χ0v) is 17.0. The summed E-state index contributed by atoms with van der Waals surface area (Å²) < 4.78 is 11.2. The molecule has 0 radical (unpaired) electrons. The van der Waals surface area contributed by atoms with Gasteiger partial charge in [0.25, 0.3) is 5.91 Å². The molecule has 4 rings (SSSR count). The maximum atomic E-state index is 13.1. The largest absolute Gasteiger partial charge is 0.467 e. The molecule has 6 nitrogen and oxygen atoms in total. The van der Waals surface area contributed by atoms with Gasteiger partial charge in [-0.3, -0.25) is 9.69 Å². The third-order valence-electron chi connectivity index (χ3n) is 5.05. The average molecular weight is 391 g/mol. The molecule has 1 aliphatic heterocycles. The molecule has 6 heteroatoms. The molecule has 1 aromatic carbocycles. The van der Waals surface area contributed by atoms with E-state index in [1.807, 2.05) is 55.3 Å². The van der Waals surface area contributed by atoms with Gasteiger partial charge in [-0.15, -0.1) is 0 Å². The second-order valence-electron chi connectivity index (χ2n) is 7.57. The van der Waals surface area contributed by atoms with Crippen LogP contribution in [-0.2, 0) is 11.3 Å². The Kier molecular flexibility index (Phi) is 5.36. The van der Waals surface area contributed by atoms with Crippen LogP contribution in [0.5, 0.6) is 0 Å². The fourth-order valence-corrected chi connectivity index (χ4v) is 3.56. The lowest BCUT2D eigenvalue weighted by molar-refractivity contribution is -0.134. The molecule has 0 saturated heterocycles. The molecule has 1 aliphatic rings. The highest BCUT2D eigenvalue weighted by atomic mass is 16.3. The normalized spacial score (nSPS) is 16.5. The molecule has 0 unspecified atom stereocenters. The van der Waals surface area contributed by atoms with E-state index in [4.69, 9.17) is 8.83 Å². The summed E-state index contributed by atoms with van der Waals surface area (Å²) >= 11 is 0. The van der Waals surface area contributed by atoms with Crippen LogP contribution < -0.4 is 0 Å². The van der Waals surface area contributed by atoms with Crippen LogP contribution in [0.4, 0.5) is 0 Å². The third-order valence-corrected chi connectivity index (χ3v) is 5.05. The number of hydrazone groups is 1. The second-order valence-corrected chi connectivity index (χ2v) is 7.57. The molecule has 1 atom stereocenters. The number of carbonyl (C=O) groups is 1. The molecule has 0 N–H and O–H groups in total. The van der Waals surface area contributed by atoms with Crippen molar-refractivity contribution in [2.75, 3.05) is 13.6 Å². The molecular weight excluding hydrogens is 366 g/mol. The number of likely N-dealkylation sites (N-methyl/N-ethyl adjacent to an activating group) is 1. The Balaban J connectivity index is 1.52. The smallest absolute Gasteiger partial charge is 0.257 e. The summed E-state index contributed by atoms with van der Waals surface area (Å²) in [6, 6.07) is 15.6. The molecule has 2 aromatic heterocycles. The number of hydrogen-bond donors (Lipinski definition) is 0. The van der Waals surface area contributed by atoms with E-state index in [9.17, 15) is 4.79 Å². The van der Waals surface area contributed by atoms with Crippen LogP contribution in [0.25, 0.3) is 0 Å². The first-order valence-corrected chi connectivity index (χ1v) is 9.73. The van der Waals surface area contributed by atoms with Crippen molar-refractivity contribution >= 4 is 11.6 Å². The number of rotatable bonds is 6. The molecule has 3 heterocycles. The van der Waals surface area contributed by atoms with Crippen molar-refractivity contribution in [2.24, 2.45) is 5.10 Å². The lowest BCUT2D eigenvalue weighted by Gasteiger charge is -2.22. The molecule has 150 valence electrons. The van der Waals surface area contributed by atoms with Gasteiger partial charge < -0.3 is 8.83 Å². The van der Waals surface area contributed by atoms with Gasteiger partial charge in [0, 0.05) is 6.42 Å². The average Bonchev–Trinajstić information content (AvgIpc) is 3.42. The van der Waals surface area contributed by atoms with Crippen LogP contribution in [0.3, 0.4) is 0 Å². The molecule has 0 spiro atoms. The fourth-order valence-electron chi connectivity index (χ4n) is 3.56. The first kappa shape index (κ1) is 19.2. The molecule has 3 aromatic rings. The summed E-state index contributed by atoms with van der Waals surface area (Å²) in [4.78, 5) is 15.0. The fraction of sp³-hybridized carbons (Fsp3) is 0.304. The Bertz CT molecular complexity index is 1000. The minimum Gasteiger partial charge on any atom is -0.467 e. The number of hydrogen-bond acceptors (Lipinski definition) is 5. The highest BCUT2D eigenvalue weighted by Crippen LogP contribution is 2.33. The van der Waals surface area contributed by atoms with Crippen molar-refractivity contribution in [1.82, 2.24) is 9.91 Å². The second kappa shape index (κ2) is 8.09. The summed E-state index contributed by atoms with van der Waals surface area (Å²) in [5.74, 6) is 2.38. The van der Waals surface area contributed by atoms with E-state index in [0.717, 1.165) is 28.6 Å². The summed E-state index contributed by atoms with van der Waals surface area (Å²) in [6.07, 6.45) is 2.26. The first-order valence-electron chi connectivity index (χ1n) is 9.73. The molecule has 0 saturated carbocycles. The van der Waals surface area contributed by atoms with Gasteiger partial charge >= 0.3 is 0 Å². The zero-order valence-electron chi connectivity index (χ0n) is 17.0. The van der Waals surface area contributed by atoms with Crippen LogP contribution in [0, 0.1) is 13.8 Å². The predicted molar refractivity (Wildman–Crippen MR) is 110 cm³/mol. The van der Waals surface area contributed by atoms with Crippen molar-refractivity contribution in [2.45, 2.75) is 32.9 Å². The van der Waals surface area contributed by atoms with Gasteiger partial charge in [-0.05, 0) is 50.7 Å². The third kappa shape index (κ3) is 4.32. The quantitative estimate of drug-likeness (QED) is 0.629. The SMILES string of the molecule is Cc1ccc(C2=NN(C(=O)CN(C)Cc3ccc(C)o3)[C@@H](c3ccco3)C2)cc1. The summed E-state index contributed by atoms with van der Waals surface area (Å²) in [6.45, 7) is 4.77. The summed E-state index contributed by atoms with van der Waals surface area (Å²) in [5, 5.41) is 6.25. The Morgan fingerprint density at radius 2 is 1.97 bits per heavy atom. The number of aryl methyl sites for hydroxylation is 2. The highest BCUT2D eigenvalue weighted by Gasteiger charge is 2.35. The lowest BCUT2D eigenvalue weighted by Crippen LogP contribution is -2.36. The van der Waals surface area contributed by atoms with Gasteiger partial charge in [0.1, 0.15) is 23.3 Å². The molecule has 0 bridgehead atoms. The van der Waals surface area contributed by atoms with E-state index < -0.39 is 0 Å². The van der Waals surface area contributed by atoms with Gasteiger partial charge in [-0.2, -0.15) is 5.10 Å². The van der Waals surface area contributed by atoms with Gasteiger partial charge in [0.05, 0.1) is 25.1 Å². The van der Waals surface area contributed by atoms with E-state index in [-0.39, 0.29) is 18.5 Å². The Hall–Kier alpha value is -3.12. The van der Waals surface area contributed by atoms with Crippen molar-refractivity contribution < 1.29 is 13.6 Å². The number of carbonyl (C=O) groups excluding carboxylic acids is 1. The number of furan rings is 2. The molecule has 0 aliphatic carbocycles. The monoisotopic (exact) mass is 391 g/mol. The molecule has 0 fully saturated rings. The maximum absolute atomic E-state index is 13.1. The maximum Gasteiger partial charge on any atom is 0.257 e. The van der Waals surface area contributed by atoms with Crippen molar-refractivity contribution in [3.05, 3.63) is 83.2 Å². The standard InChI is InChI=1S/C23H25N3O3/c1-16-6-9-18(10-7-16)20-13-21(22-5-4-12-28-22)26(24-20)23(27)15-25(3)14-19-11-8-17(2)29-19/h4-12,21H,13-15H2,1-3H3/t21-/m1/s1. The molecule has 1 amide bonds. The topological polar surface area (TPSA) is 62.2 Å². The number of amides is 1. The first-order chi connectivity index (χ1) is 14.0. The van der Waals surface area contributed by atoms with E-state index in [1.165, 1.54) is 5.56 Å². The van der Waals surface area contributed by atoms with Gasteiger partial charge in [-0.1, -0.05) is 29.8 Å². The number of nitrogens with zero attached hydrogens (tertiary/aromatic N) is 3. The summed E-state index contributed by atoms with van der Waals surface area (Å²) in [5.41, 5.74) is 3.11. The van der Waals surface area contributed by atoms with E-state index in [2.05, 4.69) is 24.2 Å². The van der Waals surface area contributed by atoms with Gasteiger partial charge in [0.15, 0.2) is 0 Å². The minimum absolute atomic E-state index is 0.0701. The van der Waals surface area contributed by atoms with Gasteiger partial charge in [0.2, 0.25) is 0 Å². The van der Waals surface area contributed by atoms with Crippen LogP contribution in [0.15, 0.2) is 68.7 Å². The van der Waals surface area contributed by atoms with Crippen LogP contribution in [-0.4, -0.2) is 35.1 Å².